The van der Waals surface area contributed by atoms with Crippen LogP contribution in [0.4, 0.5) is 5.69 Å². The molecule has 1 aromatic heterocycles. The molecule has 3 heteroatoms. The maximum absolute atomic E-state index is 4.20. The third-order valence-corrected chi connectivity index (χ3v) is 2.22. The van der Waals surface area contributed by atoms with Gasteiger partial charge in [0.05, 0.1) is 18.4 Å². The van der Waals surface area contributed by atoms with Crippen molar-refractivity contribution in [3.8, 4) is 0 Å². The number of hydrogen-bond acceptors (Lipinski definition) is 3. The van der Waals surface area contributed by atoms with Crippen molar-refractivity contribution >= 4 is 5.69 Å². The quantitative estimate of drug-likeness (QED) is 0.824. The van der Waals surface area contributed by atoms with E-state index >= 15 is 0 Å². The van der Waals surface area contributed by atoms with Crippen LogP contribution in [0.15, 0.2) is 42.9 Å². The van der Waals surface area contributed by atoms with Gasteiger partial charge >= 0.3 is 0 Å². The lowest BCUT2D eigenvalue weighted by Crippen LogP contribution is -2.02. The summed E-state index contributed by atoms with van der Waals surface area (Å²) in [5.74, 6) is 0. The third-order valence-electron chi connectivity index (χ3n) is 2.22. The summed E-state index contributed by atoms with van der Waals surface area (Å²) < 4.78 is 0. The van der Waals surface area contributed by atoms with Gasteiger partial charge in [0, 0.05) is 18.1 Å². The normalized spacial score (nSPS) is 9.93. The minimum Gasteiger partial charge on any atom is -0.379 e. The summed E-state index contributed by atoms with van der Waals surface area (Å²) in [5, 5.41) is 3.33. The van der Waals surface area contributed by atoms with E-state index in [9.17, 15) is 0 Å². The molecule has 2 aromatic rings. The van der Waals surface area contributed by atoms with Crippen LogP contribution in [0.5, 0.6) is 0 Å². The van der Waals surface area contributed by atoms with Crippen molar-refractivity contribution in [3.63, 3.8) is 0 Å². The fraction of sp³-hybridized carbons (Fsp3) is 0.167. The molecular formula is C12H13N3. The van der Waals surface area contributed by atoms with Crippen LogP contribution in [0.2, 0.25) is 0 Å². The molecule has 0 aliphatic rings. The number of nitrogens with zero attached hydrogens (tertiary/aromatic N) is 2. The second-order valence-corrected chi connectivity index (χ2v) is 3.37. The Kier molecular flexibility index (Phi) is 2.93. The predicted octanol–water partition coefficient (Wildman–Crippen LogP) is 2.40. The first-order valence-corrected chi connectivity index (χ1v) is 4.90. The number of rotatable bonds is 3. The highest BCUT2D eigenvalue weighted by Crippen LogP contribution is 2.13. The lowest BCUT2D eigenvalue weighted by Gasteiger charge is -2.07. The van der Waals surface area contributed by atoms with Crippen LogP contribution in [-0.2, 0) is 6.54 Å². The molecule has 0 spiro atoms. The van der Waals surface area contributed by atoms with Crippen molar-refractivity contribution in [1.82, 2.24) is 9.97 Å². The SMILES string of the molecule is Cc1ccccc1NCc1cnccn1. The van der Waals surface area contributed by atoms with Crippen LogP contribution in [0, 0.1) is 6.92 Å². The summed E-state index contributed by atoms with van der Waals surface area (Å²) in [6, 6.07) is 8.19. The van der Waals surface area contributed by atoms with Gasteiger partial charge in [-0.25, -0.2) is 0 Å². The van der Waals surface area contributed by atoms with E-state index in [1.165, 1.54) is 5.56 Å². The highest BCUT2D eigenvalue weighted by atomic mass is 14.9. The Morgan fingerprint density at radius 2 is 2.07 bits per heavy atom. The molecule has 0 unspecified atom stereocenters. The zero-order valence-corrected chi connectivity index (χ0v) is 8.64. The molecule has 0 aliphatic carbocycles. The van der Waals surface area contributed by atoms with Crippen LogP contribution in [0.25, 0.3) is 0 Å². The molecule has 0 aliphatic heterocycles. The zero-order chi connectivity index (χ0) is 10.5. The molecule has 1 heterocycles. The first kappa shape index (κ1) is 9.65. The molecule has 2 rings (SSSR count). The second kappa shape index (κ2) is 4.55. The lowest BCUT2D eigenvalue weighted by atomic mass is 10.2. The van der Waals surface area contributed by atoms with Gasteiger partial charge in [0.15, 0.2) is 0 Å². The van der Waals surface area contributed by atoms with Crippen molar-refractivity contribution in [2.45, 2.75) is 13.5 Å². The topological polar surface area (TPSA) is 37.8 Å². The maximum atomic E-state index is 4.20. The lowest BCUT2D eigenvalue weighted by molar-refractivity contribution is 1.01. The van der Waals surface area contributed by atoms with Gasteiger partial charge in [-0.15, -0.1) is 0 Å². The Morgan fingerprint density at radius 1 is 1.20 bits per heavy atom. The number of nitrogens with one attached hydrogen (secondary N) is 1. The van der Waals surface area contributed by atoms with Crippen molar-refractivity contribution < 1.29 is 0 Å². The van der Waals surface area contributed by atoms with Crippen LogP contribution in [-0.4, -0.2) is 9.97 Å². The second-order valence-electron chi connectivity index (χ2n) is 3.37. The molecule has 0 radical (unpaired) electrons. The number of benzene rings is 1. The molecule has 0 saturated heterocycles. The number of aryl methyl sites for hydroxylation is 1. The highest BCUT2D eigenvalue weighted by molar-refractivity contribution is 5.50. The first-order valence-electron chi connectivity index (χ1n) is 4.90. The van der Waals surface area contributed by atoms with Gasteiger partial charge in [0.25, 0.3) is 0 Å². The summed E-state index contributed by atoms with van der Waals surface area (Å²) in [5.41, 5.74) is 3.32. The Morgan fingerprint density at radius 3 is 2.80 bits per heavy atom. The molecule has 0 bridgehead atoms. The van der Waals surface area contributed by atoms with Crippen molar-refractivity contribution in [3.05, 3.63) is 54.1 Å². The molecule has 1 aromatic carbocycles. The minimum atomic E-state index is 0.707. The van der Waals surface area contributed by atoms with Gasteiger partial charge < -0.3 is 5.32 Å². The van der Waals surface area contributed by atoms with E-state index in [1.807, 2.05) is 12.1 Å². The summed E-state index contributed by atoms with van der Waals surface area (Å²) in [6.07, 6.45) is 5.15. The van der Waals surface area contributed by atoms with E-state index in [4.69, 9.17) is 0 Å². The van der Waals surface area contributed by atoms with Gasteiger partial charge in [0.2, 0.25) is 0 Å². The van der Waals surface area contributed by atoms with E-state index in [0.717, 1.165) is 11.4 Å². The highest BCUT2D eigenvalue weighted by Gasteiger charge is 1.96. The standard InChI is InChI=1S/C12H13N3/c1-10-4-2-3-5-12(10)15-9-11-8-13-6-7-14-11/h2-8,15H,9H2,1H3. The fourth-order valence-electron chi connectivity index (χ4n) is 1.38. The molecule has 0 amide bonds. The van der Waals surface area contributed by atoms with Gasteiger partial charge in [-0.1, -0.05) is 18.2 Å². The van der Waals surface area contributed by atoms with Crippen molar-refractivity contribution in [2.75, 3.05) is 5.32 Å². The molecule has 15 heavy (non-hydrogen) atoms. The Labute approximate surface area is 89.2 Å². The summed E-state index contributed by atoms with van der Waals surface area (Å²) in [7, 11) is 0. The maximum Gasteiger partial charge on any atom is 0.0777 e. The van der Waals surface area contributed by atoms with Gasteiger partial charge in [-0.05, 0) is 18.6 Å². The van der Waals surface area contributed by atoms with Crippen LogP contribution in [0.3, 0.4) is 0 Å². The number of anilines is 1. The molecule has 0 atom stereocenters. The number of para-hydroxylation sites is 1. The van der Waals surface area contributed by atoms with Gasteiger partial charge in [0.1, 0.15) is 0 Å². The summed E-state index contributed by atoms with van der Waals surface area (Å²) in [4.78, 5) is 8.22. The summed E-state index contributed by atoms with van der Waals surface area (Å²) >= 11 is 0. The van der Waals surface area contributed by atoms with E-state index in [0.29, 0.717) is 6.54 Å². The Balaban J connectivity index is 2.03. The Bertz CT molecular complexity index is 426. The van der Waals surface area contributed by atoms with E-state index in [1.54, 1.807) is 18.6 Å². The van der Waals surface area contributed by atoms with E-state index in [-0.39, 0.29) is 0 Å². The molecular weight excluding hydrogens is 186 g/mol. The average Bonchev–Trinajstić information content (AvgIpc) is 2.29. The number of hydrogen-bond donors (Lipinski definition) is 1. The molecule has 1 N–H and O–H groups in total. The van der Waals surface area contributed by atoms with Crippen molar-refractivity contribution in [1.29, 1.82) is 0 Å². The van der Waals surface area contributed by atoms with Crippen molar-refractivity contribution in [2.24, 2.45) is 0 Å². The third kappa shape index (κ3) is 2.53. The number of aromatic nitrogens is 2. The average molecular weight is 199 g/mol. The fourth-order valence-corrected chi connectivity index (χ4v) is 1.38. The predicted molar refractivity (Wildman–Crippen MR) is 60.5 cm³/mol. The van der Waals surface area contributed by atoms with E-state index < -0.39 is 0 Å². The van der Waals surface area contributed by atoms with Gasteiger partial charge in [-0.3, -0.25) is 9.97 Å². The monoisotopic (exact) mass is 199 g/mol. The van der Waals surface area contributed by atoms with Crippen LogP contribution < -0.4 is 5.32 Å². The van der Waals surface area contributed by atoms with Gasteiger partial charge in [-0.2, -0.15) is 0 Å². The minimum absolute atomic E-state index is 0.707. The molecule has 76 valence electrons. The largest absolute Gasteiger partial charge is 0.379 e. The molecule has 0 fully saturated rings. The van der Waals surface area contributed by atoms with Crippen LogP contribution in [0.1, 0.15) is 11.3 Å². The first-order chi connectivity index (χ1) is 7.36. The Hall–Kier alpha value is -1.90. The molecule has 0 saturated carbocycles. The summed E-state index contributed by atoms with van der Waals surface area (Å²) in [6.45, 7) is 2.79. The van der Waals surface area contributed by atoms with Crippen LogP contribution >= 0.6 is 0 Å². The van der Waals surface area contributed by atoms with E-state index in [2.05, 4.69) is 34.3 Å². The zero-order valence-electron chi connectivity index (χ0n) is 8.64. The smallest absolute Gasteiger partial charge is 0.0777 e. The molecule has 3 nitrogen and oxygen atoms in total.